The lowest BCUT2D eigenvalue weighted by molar-refractivity contribution is 0.103. The third kappa shape index (κ3) is 2.50. The Morgan fingerprint density at radius 3 is 1.95 bits per heavy atom. The van der Waals surface area contributed by atoms with E-state index in [0.29, 0.717) is 11.3 Å². The number of benzene rings is 2. The molecule has 2 nitrogen and oxygen atoms in total. The molecule has 3 rings (SSSR count). The number of hydrogen-bond acceptors (Lipinski definition) is 2. The topological polar surface area (TPSA) is 30.0 Å². The van der Waals surface area contributed by atoms with Crippen LogP contribution in [0.3, 0.4) is 0 Å². The predicted molar refractivity (Wildman–Crippen MR) is 79.5 cm³/mol. The molecule has 0 atom stereocenters. The van der Waals surface area contributed by atoms with Crippen molar-refractivity contribution in [3.8, 4) is 11.1 Å². The molecule has 0 amide bonds. The summed E-state index contributed by atoms with van der Waals surface area (Å²) in [6, 6.07) is 22.9. The number of ketones is 1. The van der Waals surface area contributed by atoms with E-state index < -0.39 is 0 Å². The number of rotatable bonds is 3. The molecule has 1 heterocycles. The van der Waals surface area contributed by atoms with Crippen LogP contribution in [-0.4, -0.2) is 10.8 Å². The average Bonchev–Trinajstić information content (AvgIpc) is 2.56. The number of pyridine rings is 1. The summed E-state index contributed by atoms with van der Waals surface area (Å²) in [4.78, 5) is 16.5. The zero-order chi connectivity index (χ0) is 13.8. The highest BCUT2D eigenvalue weighted by Gasteiger charge is 2.09. The molecule has 0 bridgehead atoms. The molecule has 0 radical (unpaired) electrons. The van der Waals surface area contributed by atoms with Gasteiger partial charge in [0.15, 0.2) is 0 Å². The van der Waals surface area contributed by atoms with Crippen molar-refractivity contribution >= 4 is 5.78 Å². The number of nitrogens with zero attached hydrogens (tertiary/aromatic N) is 1. The van der Waals surface area contributed by atoms with Crippen LogP contribution in [-0.2, 0) is 0 Å². The molecule has 3 aromatic rings. The van der Waals surface area contributed by atoms with Gasteiger partial charge in [0.1, 0.15) is 5.69 Å². The van der Waals surface area contributed by atoms with E-state index in [1.54, 1.807) is 24.4 Å². The van der Waals surface area contributed by atoms with Crippen molar-refractivity contribution in [2.24, 2.45) is 0 Å². The Balaban J connectivity index is 1.89. The molecule has 0 unspecified atom stereocenters. The summed E-state index contributed by atoms with van der Waals surface area (Å²) < 4.78 is 0. The van der Waals surface area contributed by atoms with Gasteiger partial charge >= 0.3 is 0 Å². The second kappa shape index (κ2) is 5.49. The van der Waals surface area contributed by atoms with Gasteiger partial charge in [-0.15, -0.1) is 0 Å². The van der Waals surface area contributed by atoms with Gasteiger partial charge in [-0.3, -0.25) is 9.78 Å². The van der Waals surface area contributed by atoms with Gasteiger partial charge in [0.25, 0.3) is 0 Å². The van der Waals surface area contributed by atoms with Crippen LogP contribution in [0, 0.1) is 0 Å². The summed E-state index contributed by atoms with van der Waals surface area (Å²) in [7, 11) is 0. The van der Waals surface area contributed by atoms with Crippen molar-refractivity contribution < 1.29 is 4.79 Å². The molecule has 0 saturated carbocycles. The second-order valence-corrected chi connectivity index (χ2v) is 4.49. The van der Waals surface area contributed by atoms with Crippen LogP contribution in [0.25, 0.3) is 11.1 Å². The highest BCUT2D eigenvalue weighted by Crippen LogP contribution is 2.18. The smallest absolute Gasteiger partial charge is 0.211 e. The van der Waals surface area contributed by atoms with E-state index in [1.165, 1.54) is 0 Å². The first-order chi connectivity index (χ1) is 9.84. The van der Waals surface area contributed by atoms with Gasteiger partial charge in [-0.25, -0.2) is 0 Å². The van der Waals surface area contributed by atoms with Crippen molar-refractivity contribution in [2.75, 3.05) is 0 Å². The Morgan fingerprint density at radius 2 is 1.35 bits per heavy atom. The highest BCUT2D eigenvalue weighted by molar-refractivity contribution is 6.07. The van der Waals surface area contributed by atoms with Crippen LogP contribution in [0.15, 0.2) is 79.0 Å². The summed E-state index contributed by atoms with van der Waals surface area (Å²) in [6.45, 7) is 0. The Bertz CT molecular complexity index is 703. The maximum atomic E-state index is 12.2. The van der Waals surface area contributed by atoms with E-state index in [4.69, 9.17) is 0 Å². The van der Waals surface area contributed by atoms with Gasteiger partial charge in [-0.2, -0.15) is 0 Å². The maximum absolute atomic E-state index is 12.2. The van der Waals surface area contributed by atoms with E-state index in [2.05, 4.69) is 4.98 Å². The molecule has 2 aromatic carbocycles. The van der Waals surface area contributed by atoms with Crippen LogP contribution in [0.4, 0.5) is 0 Å². The number of aromatic nitrogens is 1. The lowest BCUT2D eigenvalue weighted by atomic mass is 10.0. The van der Waals surface area contributed by atoms with Crippen LogP contribution in [0.1, 0.15) is 16.1 Å². The lowest BCUT2D eigenvalue weighted by Gasteiger charge is -2.03. The van der Waals surface area contributed by atoms with Gasteiger partial charge in [0.2, 0.25) is 5.78 Å². The molecular weight excluding hydrogens is 246 g/mol. The fraction of sp³-hybridized carbons (Fsp3) is 0. The molecule has 0 N–H and O–H groups in total. The molecule has 0 aliphatic rings. The van der Waals surface area contributed by atoms with E-state index in [1.807, 2.05) is 54.6 Å². The molecule has 20 heavy (non-hydrogen) atoms. The molecule has 96 valence electrons. The van der Waals surface area contributed by atoms with E-state index in [9.17, 15) is 4.79 Å². The zero-order valence-corrected chi connectivity index (χ0v) is 10.9. The molecule has 2 heteroatoms. The molecule has 0 aliphatic carbocycles. The molecule has 0 saturated heterocycles. The first kappa shape index (κ1) is 12.3. The summed E-state index contributed by atoms with van der Waals surface area (Å²) >= 11 is 0. The Kier molecular flexibility index (Phi) is 3.38. The number of hydrogen-bond donors (Lipinski definition) is 0. The van der Waals surface area contributed by atoms with Crippen LogP contribution in [0.5, 0.6) is 0 Å². The van der Waals surface area contributed by atoms with Crippen LogP contribution >= 0.6 is 0 Å². The van der Waals surface area contributed by atoms with Gasteiger partial charge in [-0.1, -0.05) is 66.7 Å². The Labute approximate surface area is 117 Å². The van der Waals surface area contributed by atoms with E-state index in [-0.39, 0.29) is 5.78 Å². The Hall–Kier alpha value is -2.74. The van der Waals surface area contributed by atoms with Gasteiger partial charge < -0.3 is 0 Å². The summed E-state index contributed by atoms with van der Waals surface area (Å²) in [5.41, 5.74) is 3.23. The third-order valence-corrected chi connectivity index (χ3v) is 3.14. The minimum atomic E-state index is -0.0507. The van der Waals surface area contributed by atoms with Crippen LogP contribution < -0.4 is 0 Å². The minimum absolute atomic E-state index is 0.0507. The fourth-order valence-electron chi connectivity index (χ4n) is 2.07. The Morgan fingerprint density at radius 1 is 0.700 bits per heavy atom. The summed E-state index contributed by atoms with van der Waals surface area (Å²) in [5.74, 6) is -0.0507. The summed E-state index contributed by atoms with van der Waals surface area (Å²) in [5, 5.41) is 0. The standard InChI is InChI=1S/C18H13NO/c20-18(15-9-5-2-6-10-15)17-12-11-16(13-19-17)14-7-3-1-4-8-14/h1-13H. The highest BCUT2D eigenvalue weighted by atomic mass is 16.1. The lowest BCUT2D eigenvalue weighted by Crippen LogP contribution is -2.03. The van der Waals surface area contributed by atoms with Crippen molar-refractivity contribution in [1.82, 2.24) is 4.98 Å². The SMILES string of the molecule is O=C(c1ccccc1)c1ccc(-c2ccccc2)cn1. The fourth-order valence-corrected chi connectivity index (χ4v) is 2.07. The molecular formula is C18H13NO. The van der Waals surface area contributed by atoms with Gasteiger partial charge in [0.05, 0.1) is 0 Å². The van der Waals surface area contributed by atoms with E-state index >= 15 is 0 Å². The quantitative estimate of drug-likeness (QED) is 0.666. The van der Waals surface area contributed by atoms with Crippen molar-refractivity contribution in [3.05, 3.63) is 90.3 Å². The normalized spacial score (nSPS) is 10.2. The van der Waals surface area contributed by atoms with Gasteiger partial charge in [0, 0.05) is 17.3 Å². The zero-order valence-electron chi connectivity index (χ0n) is 10.9. The maximum Gasteiger partial charge on any atom is 0.211 e. The van der Waals surface area contributed by atoms with Gasteiger partial charge in [-0.05, 0) is 11.6 Å². The van der Waals surface area contributed by atoms with Crippen LogP contribution in [0.2, 0.25) is 0 Å². The molecule has 1 aromatic heterocycles. The molecule has 0 spiro atoms. The summed E-state index contributed by atoms with van der Waals surface area (Å²) in [6.07, 6.45) is 1.74. The largest absolute Gasteiger partial charge is 0.287 e. The third-order valence-electron chi connectivity index (χ3n) is 3.14. The first-order valence-corrected chi connectivity index (χ1v) is 6.46. The number of carbonyl (C=O) groups excluding carboxylic acids is 1. The van der Waals surface area contributed by atoms with E-state index in [0.717, 1.165) is 11.1 Å². The van der Waals surface area contributed by atoms with Crippen molar-refractivity contribution in [1.29, 1.82) is 0 Å². The van der Waals surface area contributed by atoms with Crippen molar-refractivity contribution in [2.45, 2.75) is 0 Å². The molecule has 0 fully saturated rings. The monoisotopic (exact) mass is 259 g/mol. The number of carbonyl (C=O) groups is 1. The average molecular weight is 259 g/mol. The minimum Gasteiger partial charge on any atom is -0.287 e. The first-order valence-electron chi connectivity index (χ1n) is 6.46. The van der Waals surface area contributed by atoms with Crippen molar-refractivity contribution in [3.63, 3.8) is 0 Å². The second-order valence-electron chi connectivity index (χ2n) is 4.49. The molecule has 0 aliphatic heterocycles. The predicted octanol–water partition coefficient (Wildman–Crippen LogP) is 3.98.